The summed E-state index contributed by atoms with van der Waals surface area (Å²) in [5.41, 5.74) is -0.512. The van der Waals surface area contributed by atoms with E-state index in [1.165, 1.54) is 0 Å². The van der Waals surface area contributed by atoms with Gasteiger partial charge in [-0.05, 0) is 18.6 Å². The summed E-state index contributed by atoms with van der Waals surface area (Å²) in [5, 5.41) is 18.1. The third-order valence-corrected chi connectivity index (χ3v) is 3.12. The zero-order valence-corrected chi connectivity index (χ0v) is 9.40. The first-order chi connectivity index (χ1) is 8.56. The zero-order chi connectivity index (χ0) is 13.3. The molecule has 2 rings (SSSR count). The van der Waals surface area contributed by atoms with Gasteiger partial charge in [0.15, 0.2) is 11.6 Å². The number of rotatable bonds is 3. The molecule has 0 saturated carbocycles. The first-order valence-corrected chi connectivity index (χ1v) is 5.50. The first kappa shape index (κ1) is 12.9. The predicted molar refractivity (Wildman–Crippen MR) is 57.5 cm³/mol. The lowest BCUT2D eigenvalue weighted by Gasteiger charge is -2.19. The summed E-state index contributed by atoms with van der Waals surface area (Å²) < 4.78 is 32.2. The Labute approximate surface area is 102 Å². The van der Waals surface area contributed by atoms with Gasteiger partial charge in [-0.2, -0.15) is 0 Å². The second-order valence-electron chi connectivity index (χ2n) is 4.11. The molecule has 6 heteroatoms. The van der Waals surface area contributed by atoms with Crippen molar-refractivity contribution in [2.45, 2.75) is 18.4 Å². The van der Waals surface area contributed by atoms with Crippen molar-refractivity contribution >= 4 is 5.97 Å². The summed E-state index contributed by atoms with van der Waals surface area (Å²) in [4.78, 5) is 11.0. The summed E-state index contributed by atoms with van der Waals surface area (Å²) in [6.45, 7) is -0.0788. The van der Waals surface area contributed by atoms with Crippen LogP contribution in [0.5, 0.6) is 0 Å². The SMILES string of the molecule is O=C(O)c1ccc(F)c(F)c1C1CCOC1CO. The van der Waals surface area contributed by atoms with Gasteiger partial charge in [0.2, 0.25) is 0 Å². The van der Waals surface area contributed by atoms with Crippen molar-refractivity contribution in [1.29, 1.82) is 0 Å². The van der Waals surface area contributed by atoms with E-state index in [1.807, 2.05) is 0 Å². The fourth-order valence-electron chi connectivity index (χ4n) is 2.27. The lowest BCUT2D eigenvalue weighted by atomic mass is 9.88. The number of carbonyl (C=O) groups is 1. The van der Waals surface area contributed by atoms with E-state index < -0.39 is 29.6 Å². The number of carboxylic acid groups (broad SMARTS) is 1. The highest BCUT2D eigenvalue weighted by Gasteiger charge is 2.35. The van der Waals surface area contributed by atoms with E-state index in [-0.39, 0.29) is 24.3 Å². The number of hydrogen-bond acceptors (Lipinski definition) is 3. The van der Waals surface area contributed by atoms with Crippen LogP contribution in [-0.2, 0) is 4.74 Å². The maximum absolute atomic E-state index is 13.8. The zero-order valence-electron chi connectivity index (χ0n) is 9.40. The maximum Gasteiger partial charge on any atom is 0.336 e. The van der Waals surface area contributed by atoms with E-state index in [9.17, 15) is 13.6 Å². The molecule has 1 heterocycles. The standard InChI is InChI=1S/C12H12F2O4/c13-8-2-1-7(12(16)17)10(11(8)14)6-3-4-18-9(6)5-15/h1-2,6,9,15H,3-5H2,(H,16,17). The molecule has 98 valence electrons. The average Bonchev–Trinajstić information content (AvgIpc) is 2.79. The smallest absolute Gasteiger partial charge is 0.336 e. The molecule has 2 atom stereocenters. The van der Waals surface area contributed by atoms with Crippen molar-refractivity contribution in [2.24, 2.45) is 0 Å². The van der Waals surface area contributed by atoms with E-state index in [0.29, 0.717) is 6.42 Å². The highest BCUT2D eigenvalue weighted by molar-refractivity contribution is 5.89. The minimum Gasteiger partial charge on any atom is -0.478 e. The van der Waals surface area contributed by atoms with Gasteiger partial charge < -0.3 is 14.9 Å². The molecule has 4 nitrogen and oxygen atoms in total. The van der Waals surface area contributed by atoms with Crippen molar-refractivity contribution in [1.82, 2.24) is 0 Å². The van der Waals surface area contributed by atoms with Crippen molar-refractivity contribution in [3.8, 4) is 0 Å². The summed E-state index contributed by atoms with van der Waals surface area (Å²) in [6.07, 6.45) is -0.342. The molecule has 2 unspecified atom stereocenters. The second kappa shape index (κ2) is 4.99. The fourth-order valence-corrected chi connectivity index (χ4v) is 2.27. The molecule has 2 N–H and O–H groups in total. The minimum absolute atomic E-state index is 0.223. The summed E-state index contributed by atoms with van der Waals surface area (Å²) >= 11 is 0. The van der Waals surface area contributed by atoms with Gasteiger partial charge in [0.25, 0.3) is 0 Å². The number of carboxylic acids is 1. The Morgan fingerprint density at radius 2 is 2.17 bits per heavy atom. The normalized spacial score (nSPS) is 23.3. The van der Waals surface area contributed by atoms with Gasteiger partial charge >= 0.3 is 5.97 Å². The lowest BCUT2D eigenvalue weighted by molar-refractivity contribution is 0.0509. The van der Waals surface area contributed by atoms with Crippen molar-refractivity contribution in [3.05, 3.63) is 34.9 Å². The Balaban J connectivity index is 2.53. The molecule has 1 fully saturated rings. The molecular formula is C12H12F2O4. The largest absolute Gasteiger partial charge is 0.478 e. The van der Waals surface area contributed by atoms with Crippen molar-refractivity contribution < 1.29 is 28.5 Å². The molecular weight excluding hydrogens is 246 g/mol. The van der Waals surface area contributed by atoms with Crippen LogP contribution in [0, 0.1) is 11.6 Å². The number of benzene rings is 1. The molecule has 1 aromatic rings. The number of aromatic carboxylic acids is 1. The van der Waals surface area contributed by atoms with Crippen LogP contribution in [-0.4, -0.2) is 35.5 Å². The topological polar surface area (TPSA) is 66.8 Å². The summed E-state index contributed by atoms with van der Waals surface area (Å²) in [5.74, 6) is -4.24. The van der Waals surface area contributed by atoms with E-state index in [1.54, 1.807) is 0 Å². The molecule has 0 bridgehead atoms. The average molecular weight is 258 g/mol. The Kier molecular flexibility index (Phi) is 3.58. The number of ether oxygens (including phenoxy) is 1. The molecule has 0 aromatic heterocycles. The Bertz CT molecular complexity index is 475. The van der Waals surface area contributed by atoms with Gasteiger partial charge in [-0.3, -0.25) is 0 Å². The second-order valence-corrected chi connectivity index (χ2v) is 4.11. The molecule has 1 aliphatic rings. The summed E-state index contributed by atoms with van der Waals surface area (Å²) in [6, 6.07) is 1.81. The number of halogens is 2. The number of aliphatic hydroxyl groups excluding tert-OH is 1. The minimum atomic E-state index is -1.33. The van der Waals surface area contributed by atoms with Crippen LogP contribution in [0.3, 0.4) is 0 Å². The highest BCUT2D eigenvalue weighted by atomic mass is 19.2. The van der Waals surface area contributed by atoms with Gasteiger partial charge in [-0.1, -0.05) is 0 Å². The van der Waals surface area contributed by atoms with Crippen LogP contribution in [0.15, 0.2) is 12.1 Å². The van der Waals surface area contributed by atoms with Crippen LogP contribution in [0.25, 0.3) is 0 Å². The van der Waals surface area contributed by atoms with Crippen LogP contribution in [0.4, 0.5) is 8.78 Å². The molecule has 0 radical (unpaired) electrons. The van der Waals surface area contributed by atoms with Gasteiger partial charge in [0, 0.05) is 18.1 Å². The fraction of sp³-hybridized carbons (Fsp3) is 0.417. The van der Waals surface area contributed by atoms with Gasteiger partial charge in [0.1, 0.15) is 0 Å². The molecule has 0 amide bonds. The van der Waals surface area contributed by atoms with E-state index in [2.05, 4.69) is 0 Å². The highest BCUT2D eigenvalue weighted by Crippen LogP contribution is 2.35. The monoisotopic (exact) mass is 258 g/mol. The predicted octanol–water partition coefficient (Wildman–Crippen LogP) is 1.53. The number of hydrogen-bond donors (Lipinski definition) is 2. The van der Waals surface area contributed by atoms with Crippen molar-refractivity contribution in [2.75, 3.05) is 13.2 Å². The molecule has 0 aliphatic carbocycles. The lowest BCUT2D eigenvalue weighted by Crippen LogP contribution is -2.22. The Hall–Kier alpha value is -1.53. The Morgan fingerprint density at radius 1 is 1.44 bits per heavy atom. The quantitative estimate of drug-likeness (QED) is 0.862. The maximum atomic E-state index is 13.8. The van der Waals surface area contributed by atoms with Crippen LogP contribution >= 0.6 is 0 Å². The summed E-state index contributed by atoms with van der Waals surface area (Å²) in [7, 11) is 0. The molecule has 0 spiro atoms. The van der Waals surface area contributed by atoms with Crippen molar-refractivity contribution in [3.63, 3.8) is 0 Å². The van der Waals surface area contributed by atoms with Gasteiger partial charge in [-0.25, -0.2) is 13.6 Å². The van der Waals surface area contributed by atoms with E-state index >= 15 is 0 Å². The van der Waals surface area contributed by atoms with E-state index in [0.717, 1.165) is 12.1 Å². The van der Waals surface area contributed by atoms with Crippen LogP contribution < -0.4 is 0 Å². The van der Waals surface area contributed by atoms with Crippen LogP contribution in [0.2, 0.25) is 0 Å². The van der Waals surface area contributed by atoms with E-state index in [4.69, 9.17) is 14.9 Å². The molecule has 1 aliphatic heterocycles. The van der Waals surface area contributed by atoms with Gasteiger partial charge in [0.05, 0.1) is 18.3 Å². The first-order valence-electron chi connectivity index (χ1n) is 5.50. The molecule has 18 heavy (non-hydrogen) atoms. The van der Waals surface area contributed by atoms with Gasteiger partial charge in [-0.15, -0.1) is 0 Å². The molecule has 1 saturated heterocycles. The number of aliphatic hydroxyl groups is 1. The third-order valence-electron chi connectivity index (χ3n) is 3.12. The van der Waals surface area contributed by atoms with Crippen LogP contribution in [0.1, 0.15) is 28.3 Å². The third kappa shape index (κ3) is 2.09. The molecule has 1 aromatic carbocycles. The Morgan fingerprint density at radius 3 is 2.78 bits per heavy atom.